The maximum Gasteiger partial charge on any atom is 0.199 e. The summed E-state index contributed by atoms with van der Waals surface area (Å²) in [6.45, 7) is 10.4. The topological polar surface area (TPSA) is 43.2 Å². The van der Waals surface area contributed by atoms with Gasteiger partial charge in [0.2, 0.25) is 0 Å². The van der Waals surface area contributed by atoms with Crippen LogP contribution in [0, 0.1) is 17.3 Å². The van der Waals surface area contributed by atoms with Gasteiger partial charge in [-0.15, -0.1) is 0 Å². The molecule has 3 aliphatic rings. The molecular weight excluding hydrogens is 264 g/mol. The smallest absolute Gasteiger partial charge is 0.199 e. The summed E-state index contributed by atoms with van der Waals surface area (Å²) in [4.78, 5) is 9.65. The average Bonchev–Trinajstić information content (AvgIpc) is 2.84. The van der Waals surface area contributed by atoms with Crippen molar-refractivity contribution in [1.82, 2.24) is 0 Å². The number of aliphatic imine (C=N–C) groups is 2. The van der Waals surface area contributed by atoms with Gasteiger partial charge >= 0.3 is 0 Å². The fourth-order valence-corrected chi connectivity index (χ4v) is 3.33. The summed E-state index contributed by atoms with van der Waals surface area (Å²) >= 11 is 0. The molecule has 0 radical (unpaired) electrons. The van der Waals surface area contributed by atoms with Crippen LogP contribution in [0.15, 0.2) is 9.98 Å². The van der Waals surface area contributed by atoms with Crippen LogP contribution in [0.5, 0.6) is 0 Å². The van der Waals surface area contributed by atoms with Crippen LogP contribution in [0.4, 0.5) is 0 Å². The van der Waals surface area contributed by atoms with Crippen molar-refractivity contribution in [3.63, 3.8) is 0 Å². The first-order valence-electron chi connectivity index (χ1n) is 8.42. The summed E-state index contributed by atoms with van der Waals surface area (Å²) in [5, 5.41) is 0. The van der Waals surface area contributed by atoms with Gasteiger partial charge in [-0.05, 0) is 37.5 Å². The van der Waals surface area contributed by atoms with Crippen molar-refractivity contribution in [1.29, 1.82) is 0 Å². The summed E-state index contributed by atoms with van der Waals surface area (Å²) in [6.07, 6.45) is 4.35. The van der Waals surface area contributed by atoms with E-state index in [0.717, 1.165) is 50.7 Å². The van der Waals surface area contributed by atoms with Gasteiger partial charge < -0.3 is 9.47 Å². The Morgan fingerprint density at radius 3 is 1.67 bits per heavy atom. The highest BCUT2D eigenvalue weighted by atomic mass is 16.5. The molecule has 2 heterocycles. The molecule has 2 aliphatic heterocycles. The lowest BCUT2D eigenvalue weighted by atomic mass is 10.0. The molecular formula is C17H28N2O2. The molecule has 0 unspecified atom stereocenters. The second-order valence-electron chi connectivity index (χ2n) is 7.64. The molecule has 0 aromatic rings. The number of rotatable bonds is 6. The van der Waals surface area contributed by atoms with Crippen LogP contribution >= 0.6 is 0 Å². The normalized spacial score (nSPS) is 30.2. The molecule has 1 saturated carbocycles. The van der Waals surface area contributed by atoms with Crippen molar-refractivity contribution in [2.45, 2.75) is 65.5 Å². The Kier molecular flexibility index (Phi) is 3.98. The minimum Gasteiger partial charge on any atom is -0.478 e. The maximum atomic E-state index is 5.91. The lowest BCUT2D eigenvalue weighted by Gasteiger charge is -2.13. The molecule has 0 aromatic heterocycles. The lowest BCUT2D eigenvalue weighted by Crippen LogP contribution is -2.26. The largest absolute Gasteiger partial charge is 0.478 e. The molecule has 4 nitrogen and oxygen atoms in total. The van der Waals surface area contributed by atoms with Gasteiger partial charge in [-0.2, -0.15) is 0 Å². The zero-order valence-electron chi connectivity index (χ0n) is 13.8. The van der Waals surface area contributed by atoms with Gasteiger partial charge in [-0.3, -0.25) is 0 Å². The van der Waals surface area contributed by atoms with Crippen LogP contribution in [-0.2, 0) is 9.47 Å². The first kappa shape index (κ1) is 14.9. The Balaban J connectivity index is 1.68. The zero-order chi connectivity index (χ0) is 15.0. The van der Waals surface area contributed by atoms with Crippen LogP contribution in [0.1, 0.15) is 53.4 Å². The molecule has 4 heteroatoms. The van der Waals surface area contributed by atoms with Crippen molar-refractivity contribution in [3.8, 4) is 0 Å². The third kappa shape index (κ3) is 3.09. The number of hydrogen-bond donors (Lipinski definition) is 0. The molecule has 0 amide bonds. The Hall–Kier alpha value is -1.06. The Bertz CT molecular complexity index is 412. The number of hydrogen-bond acceptors (Lipinski definition) is 4. The summed E-state index contributed by atoms with van der Waals surface area (Å²) in [5.41, 5.74) is -0.0997. The van der Waals surface area contributed by atoms with Crippen molar-refractivity contribution < 1.29 is 9.47 Å². The standard InChI is InChI=1S/C17H28N2O2/c1-11(2)7-13-9-20-15(18-13)17(5-6-17)16-19-14(10-21-16)8-12(3)4/h11-14H,5-10H2,1-4H3/t13-,14-/m0/s1. The molecule has 0 N–H and O–H groups in total. The highest BCUT2D eigenvalue weighted by molar-refractivity contribution is 6.09. The van der Waals surface area contributed by atoms with E-state index in [9.17, 15) is 0 Å². The van der Waals surface area contributed by atoms with E-state index in [4.69, 9.17) is 19.5 Å². The predicted octanol–water partition coefficient (Wildman–Crippen LogP) is 3.45. The van der Waals surface area contributed by atoms with Crippen LogP contribution in [0.3, 0.4) is 0 Å². The maximum absolute atomic E-state index is 5.91. The van der Waals surface area contributed by atoms with Gasteiger partial charge in [0.15, 0.2) is 11.8 Å². The predicted molar refractivity (Wildman–Crippen MR) is 84.9 cm³/mol. The van der Waals surface area contributed by atoms with Gasteiger partial charge in [0.25, 0.3) is 0 Å². The SMILES string of the molecule is CC(C)C[C@H]1COC(C2(C3=N[C@@H](CC(C)C)CO3)CC2)=N1. The Morgan fingerprint density at radius 2 is 1.33 bits per heavy atom. The molecule has 2 atom stereocenters. The molecule has 1 aliphatic carbocycles. The van der Waals surface area contributed by atoms with E-state index >= 15 is 0 Å². The van der Waals surface area contributed by atoms with E-state index in [-0.39, 0.29) is 5.41 Å². The summed E-state index contributed by atoms with van der Waals surface area (Å²) in [6, 6.07) is 0.650. The van der Waals surface area contributed by atoms with Crippen LogP contribution in [-0.4, -0.2) is 37.1 Å². The van der Waals surface area contributed by atoms with E-state index in [0.29, 0.717) is 23.9 Å². The summed E-state index contributed by atoms with van der Waals surface area (Å²) in [7, 11) is 0. The average molecular weight is 292 g/mol. The third-order valence-electron chi connectivity index (χ3n) is 4.48. The van der Waals surface area contributed by atoms with Gasteiger partial charge in [0, 0.05) is 0 Å². The molecule has 118 valence electrons. The zero-order valence-corrected chi connectivity index (χ0v) is 13.8. The Morgan fingerprint density at radius 1 is 0.905 bits per heavy atom. The highest BCUT2D eigenvalue weighted by Gasteiger charge is 2.58. The fraction of sp³-hybridized carbons (Fsp3) is 0.882. The molecule has 0 aromatic carbocycles. The minimum atomic E-state index is -0.0997. The second kappa shape index (κ2) is 5.62. The third-order valence-corrected chi connectivity index (χ3v) is 4.48. The van der Waals surface area contributed by atoms with Crippen molar-refractivity contribution in [2.75, 3.05) is 13.2 Å². The van der Waals surface area contributed by atoms with Crippen molar-refractivity contribution in [2.24, 2.45) is 27.2 Å². The van der Waals surface area contributed by atoms with E-state index in [1.165, 1.54) is 0 Å². The van der Waals surface area contributed by atoms with E-state index in [2.05, 4.69) is 27.7 Å². The fourth-order valence-electron chi connectivity index (χ4n) is 3.33. The van der Waals surface area contributed by atoms with Crippen molar-refractivity contribution in [3.05, 3.63) is 0 Å². The van der Waals surface area contributed by atoms with E-state index in [1.54, 1.807) is 0 Å². The first-order chi connectivity index (χ1) is 9.99. The molecule has 0 bridgehead atoms. The molecule has 21 heavy (non-hydrogen) atoms. The second-order valence-corrected chi connectivity index (χ2v) is 7.64. The van der Waals surface area contributed by atoms with Crippen molar-refractivity contribution >= 4 is 11.8 Å². The molecule has 0 spiro atoms. The van der Waals surface area contributed by atoms with Crippen LogP contribution in [0.2, 0.25) is 0 Å². The summed E-state index contributed by atoms with van der Waals surface area (Å²) < 4.78 is 11.8. The van der Waals surface area contributed by atoms with E-state index in [1.807, 2.05) is 0 Å². The number of ether oxygens (including phenoxy) is 2. The van der Waals surface area contributed by atoms with E-state index < -0.39 is 0 Å². The Labute approximate surface area is 128 Å². The molecule has 3 rings (SSSR count). The van der Waals surface area contributed by atoms with Crippen LogP contribution < -0.4 is 0 Å². The monoisotopic (exact) mass is 292 g/mol. The molecule has 1 fully saturated rings. The highest BCUT2D eigenvalue weighted by Crippen LogP contribution is 2.51. The lowest BCUT2D eigenvalue weighted by molar-refractivity contribution is 0.269. The number of nitrogens with zero attached hydrogens (tertiary/aromatic N) is 2. The summed E-state index contributed by atoms with van der Waals surface area (Å²) in [5.74, 6) is 3.12. The van der Waals surface area contributed by atoms with Gasteiger partial charge in [0.05, 0.1) is 12.1 Å². The van der Waals surface area contributed by atoms with Crippen LogP contribution in [0.25, 0.3) is 0 Å². The quantitative estimate of drug-likeness (QED) is 0.752. The van der Waals surface area contributed by atoms with Gasteiger partial charge in [-0.1, -0.05) is 27.7 Å². The first-order valence-corrected chi connectivity index (χ1v) is 8.42. The van der Waals surface area contributed by atoms with Gasteiger partial charge in [-0.25, -0.2) is 9.98 Å². The van der Waals surface area contributed by atoms with Gasteiger partial charge in [0.1, 0.15) is 18.6 Å². The minimum absolute atomic E-state index is 0.0997. The molecule has 0 saturated heterocycles.